The molecular weight excluding hydrogens is 500 g/mol. The summed E-state index contributed by atoms with van der Waals surface area (Å²) in [4.78, 5) is 35.1. The Morgan fingerprint density at radius 2 is 1.62 bits per heavy atom. The number of Topliss-reactive ketones (excluding diaryl/α,β-unsaturated/α-hetero) is 1. The number of carbonyl (C=O) groups excluding carboxylic acids is 2. The molecule has 0 bridgehead atoms. The first kappa shape index (κ1) is 30.7. The Morgan fingerprint density at radius 3 is 2.20 bits per heavy atom. The average molecular weight is 551 g/mol. The molecule has 0 heterocycles. The van der Waals surface area contributed by atoms with Crippen molar-refractivity contribution in [1.82, 2.24) is 0 Å². The van der Waals surface area contributed by atoms with Crippen molar-refractivity contribution in [3.05, 3.63) is 47.0 Å². The largest absolute Gasteiger partial charge is 0.481 e. The Bertz CT molecular complexity index is 1160. The number of aliphatic hydroxyl groups is 1. The van der Waals surface area contributed by atoms with Crippen molar-refractivity contribution >= 4 is 17.5 Å². The second-order valence-electron chi connectivity index (χ2n) is 14.3. The molecule has 0 spiro atoms. The van der Waals surface area contributed by atoms with Gasteiger partial charge in [0.2, 0.25) is 0 Å². The van der Waals surface area contributed by atoms with E-state index in [0.717, 1.165) is 44.1 Å². The minimum absolute atomic E-state index is 0.0464. The first-order chi connectivity index (χ1) is 18.6. The van der Waals surface area contributed by atoms with Gasteiger partial charge in [-0.15, -0.1) is 0 Å². The molecule has 4 aliphatic carbocycles. The fourth-order valence-corrected chi connectivity index (χ4v) is 9.14. The minimum atomic E-state index is -1.13. The number of fused-ring (bicyclic) bond motifs is 5. The molecule has 4 aliphatic rings. The van der Waals surface area contributed by atoms with Crippen LogP contribution < -0.4 is 0 Å². The number of allylic oxidation sites excluding steroid dienone is 1. The summed E-state index contributed by atoms with van der Waals surface area (Å²) in [6.07, 6.45) is 9.35. The van der Waals surface area contributed by atoms with Crippen molar-refractivity contribution in [3.8, 4) is 0 Å². The van der Waals surface area contributed by atoms with Gasteiger partial charge in [-0.05, 0) is 111 Å². The third kappa shape index (κ3) is 5.24. The first-order valence-electron chi connectivity index (χ1n) is 15.4. The van der Waals surface area contributed by atoms with Crippen LogP contribution in [0.4, 0.5) is 0 Å². The number of carboxylic acid groups (broad SMARTS) is 1. The number of rotatable bonds is 5. The summed E-state index contributed by atoms with van der Waals surface area (Å²) in [6.45, 7) is 14.5. The van der Waals surface area contributed by atoms with Crippen molar-refractivity contribution in [2.45, 2.75) is 111 Å². The molecule has 1 unspecified atom stereocenters. The molecule has 0 radical (unpaired) electrons. The molecule has 8 atom stereocenters. The van der Waals surface area contributed by atoms with E-state index in [1.54, 1.807) is 13.8 Å². The molecule has 40 heavy (non-hydrogen) atoms. The molecule has 0 aliphatic heterocycles. The second-order valence-corrected chi connectivity index (χ2v) is 14.3. The van der Waals surface area contributed by atoms with Gasteiger partial charge in [0.1, 0.15) is 5.60 Å². The summed E-state index contributed by atoms with van der Waals surface area (Å²) >= 11 is 0. The van der Waals surface area contributed by atoms with Gasteiger partial charge in [-0.3, -0.25) is 14.4 Å². The average Bonchev–Trinajstić information content (AvgIpc) is 3.17. The summed E-state index contributed by atoms with van der Waals surface area (Å²) < 4.78 is 0. The van der Waals surface area contributed by atoms with E-state index < -0.39 is 17.5 Å². The molecule has 5 rings (SSSR count). The van der Waals surface area contributed by atoms with Crippen LogP contribution >= 0.6 is 0 Å². The van der Waals surface area contributed by atoms with Gasteiger partial charge in [0.15, 0.2) is 11.6 Å². The molecule has 0 saturated heterocycles. The first-order valence-corrected chi connectivity index (χ1v) is 15.4. The van der Waals surface area contributed by atoms with Gasteiger partial charge >= 0.3 is 5.97 Å². The third-order valence-corrected chi connectivity index (χ3v) is 11.5. The molecule has 1 aromatic rings. The van der Waals surface area contributed by atoms with Gasteiger partial charge in [-0.2, -0.15) is 0 Å². The van der Waals surface area contributed by atoms with Crippen molar-refractivity contribution in [2.24, 2.45) is 40.4 Å². The van der Waals surface area contributed by atoms with Crippen LogP contribution in [0.15, 0.2) is 35.9 Å². The lowest BCUT2D eigenvalue weighted by molar-refractivity contribution is -0.161. The molecule has 0 aromatic heterocycles. The highest BCUT2D eigenvalue weighted by Crippen LogP contribution is 2.68. The number of carboxylic acids is 1. The number of benzene rings is 1. The van der Waals surface area contributed by atoms with E-state index in [9.17, 15) is 19.5 Å². The maximum atomic E-state index is 12.3. The lowest BCUT2D eigenvalue weighted by Crippen LogP contribution is -2.57. The van der Waals surface area contributed by atoms with E-state index in [1.807, 2.05) is 30.3 Å². The van der Waals surface area contributed by atoms with Gasteiger partial charge in [-0.1, -0.05) is 64.5 Å². The standard InChI is InChI=1S/C22H32O3.C13H18O2/c1-13-11-16-17(20(3)8-5-15(24)12-19(13)20)6-9-21(4)18(16)7-10-22(21,25)14(2)23;1-9(2)8-11-4-6-12(7-5-11)10(3)13(14)15/h12-13,16-18,25H,5-11H2,1-4H3;4-7,9-10H,8H2,1-3H3,(H,14,15)/t13-,16+,17-,18-,20+,21-,22-;/m0./s1. The predicted octanol–water partition coefficient (Wildman–Crippen LogP) is 7.16. The molecule has 3 fully saturated rings. The SMILES string of the molecule is CC(=O)[C@@]1(O)CC[C@H]2[C@@H]3C[C@H](C)C4=CC(=O)CC[C@]4(C)[C@H]3CC[C@@]21C.CC(C)Cc1ccc(C(C)C(=O)O)cc1. The van der Waals surface area contributed by atoms with Crippen LogP contribution in [0.2, 0.25) is 0 Å². The van der Waals surface area contributed by atoms with E-state index in [4.69, 9.17) is 5.11 Å². The summed E-state index contributed by atoms with van der Waals surface area (Å²) in [5.41, 5.74) is 2.25. The normalized spacial score (nSPS) is 37.3. The maximum Gasteiger partial charge on any atom is 0.310 e. The van der Waals surface area contributed by atoms with E-state index in [0.29, 0.717) is 48.2 Å². The van der Waals surface area contributed by atoms with Crippen LogP contribution in [0.1, 0.15) is 110 Å². The fraction of sp³-hybridized carbons (Fsp3) is 0.686. The molecule has 3 saturated carbocycles. The monoisotopic (exact) mass is 550 g/mol. The van der Waals surface area contributed by atoms with Crippen molar-refractivity contribution in [1.29, 1.82) is 0 Å². The van der Waals surface area contributed by atoms with E-state index in [2.05, 4.69) is 34.6 Å². The zero-order valence-corrected chi connectivity index (χ0v) is 25.6. The van der Waals surface area contributed by atoms with Gasteiger partial charge in [0.25, 0.3) is 0 Å². The highest BCUT2D eigenvalue weighted by atomic mass is 16.4. The van der Waals surface area contributed by atoms with E-state index in [-0.39, 0.29) is 16.6 Å². The molecule has 5 heteroatoms. The lowest BCUT2D eigenvalue weighted by atomic mass is 9.45. The Balaban J connectivity index is 0.000000212. The van der Waals surface area contributed by atoms with Gasteiger partial charge < -0.3 is 10.2 Å². The topological polar surface area (TPSA) is 91.7 Å². The minimum Gasteiger partial charge on any atom is -0.481 e. The van der Waals surface area contributed by atoms with Crippen LogP contribution in [0.3, 0.4) is 0 Å². The number of aliphatic carboxylic acids is 1. The van der Waals surface area contributed by atoms with Gasteiger partial charge in [-0.25, -0.2) is 0 Å². The summed E-state index contributed by atoms with van der Waals surface area (Å²) in [5, 5.41) is 20.1. The molecule has 0 amide bonds. The zero-order chi connectivity index (χ0) is 29.6. The van der Waals surface area contributed by atoms with E-state index in [1.165, 1.54) is 11.1 Å². The molecule has 2 N–H and O–H groups in total. The fourth-order valence-electron chi connectivity index (χ4n) is 9.14. The van der Waals surface area contributed by atoms with Crippen LogP contribution in [0.5, 0.6) is 0 Å². The summed E-state index contributed by atoms with van der Waals surface area (Å²) in [5.74, 6) is 1.72. The Kier molecular flexibility index (Phi) is 8.58. The Labute approximate surface area is 240 Å². The summed E-state index contributed by atoms with van der Waals surface area (Å²) in [6, 6.07) is 7.87. The molecule has 1 aromatic carbocycles. The van der Waals surface area contributed by atoms with Crippen molar-refractivity contribution in [2.75, 3.05) is 0 Å². The van der Waals surface area contributed by atoms with Crippen LogP contribution in [-0.4, -0.2) is 33.3 Å². The van der Waals surface area contributed by atoms with Crippen molar-refractivity contribution < 1.29 is 24.6 Å². The third-order valence-electron chi connectivity index (χ3n) is 11.5. The number of carbonyl (C=O) groups is 3. The zero-order valence-electron chi connectivity index (χ0n) is 25.6. The van der Waals surface area contributed by atoms with Crippen LogP contribution in [0, 0.1) is 40.4 Å². The van der Waals surface area contributed by atoms with Crippen LogP contribution in [0.25, 0.3) is 0 Å². The highest BCUT2D eigenvalue weighted by molar-refractivity contribution is 5.91. The van der Waals surface area contributed by atoms with Gasteiger partial charge in [0, 0.05) is 11.8 Å². The number of hydrogen-bond acceptors (Lipinski definition) is 4. The Hall–Kier alpha value is -2.27. The summed E-state index contributed by atoms with van der Waals surface area (Å²) in [7, 11) is 0. The smallest absolute Gasteiger partial charge is 0.310 e. The molecule has 5 nitrogen and oxygen atoms in total. The Morgan fingerprint density at radius 1 is 1.00 bits per heavy atom. The maximum absolute atomic E-state index is 12.3. The molecular formula is C35H50O5. The highest BCUT2D eigenvalue weighted by Gasteiger charge is 2.66. The predicted molar refractivity (Wildman–Crippen MR) is 158 cm³/mol. The molecule has 220 valence electrons. The quantitative estimate of drug-likeness (QED) is 0.406. The van der Waals surface area contributed by atoms with Crippen LogP contribution in [-0.2, 0) is 20.8 Å². The van der Waals surface area contributed by atoms with E-state index >= 15 is 0 Å². The number of ketones is 2. The number of hydrogen-bond donors (Lipinski definition) is 2. The van der Waals surface area contributed by atoms with Crippen molar-refractivity contribution in [3.63, 3.8) is 0 Å². The lowest BCUT2D eigenvalue weighted by Gasteiger charge is -2.60. The second kappa shape index (κ2) is 11.2. The van der Waals surface area contributed by atoms with Gasteiger partial charge in [0.05, 0.1) is 5.92 Å².